The number of nitrogens with one attached hydrogen (secondary N) is 2. The molecule has 0 aromatic carbocycles. The van der Waals surface area contributed by atoms with Gasteiger partial charge in [0.25, 0.3) is 11.9 Å². The normalized spacial score (nSPS) is 12.8. The molecule has 1 amide bonds. The number of amides is 1. The number of aromatic nitrogens is 6. The van der Waals surface area contributed by atoms with Crippen molar-refractivity contribution in [1.82, 2.24) is 35.3 Å². The fraction of sp³-hybridized carbons (Fsp3) is 0.615. The lowest BCUT2D eigenvalue weighted by Gasteiger charge is -2.17. The van der Waals surface area contributed by atoms with Crippen molar-refractivity contribution < 1.29 is 18.0 Å². The summed E-state index contributed by atoms with van der Waals surface area (Å²) in [7, 11) is 0. The van der Waals surface area contributed by atoms with Crippen LogP contribution in [0.1, 0.15) is 42.5 Å². The number of rotatable bonds is 6. The summed E-state index contributed by atoms with van der Waals surface area (Å²) < 4.78 is 38.7. The van der Waals surface area contributed by atoms with Crippen molar-refractivity contribution >= 4 is 18.3 Å². The molecular weight excluding hydrogens is 377 g/mol. The van der Waals surface area contributed by atoms with Crippen molar-refractivity contribution in [2.45, 2.75) is 39.4 Å². The van der Waals surface area contributed by atoms with Crippen LogP contribution in [-0.2, 0) is 6.18 Å². The van der Waals surface area contributed by atoms with Crippen LogP contribution in [0, 0.1) is 12.8 Å². The third-order valence-electron chi connectivity index (χ3n) is 3.28. The van der Waals surface area contributed by atoms with Crippen LogP contribution in [-0.4, -0.2) is 48.4 Å². The van der Waals surface area contributed by atoms with Gasteiger partial charge in [-0.25, -0.2) is 4.98 Å². The van der Waals surface area contributed by atoms with E-state index in [2.05, 4.69) is 25.5 Å². The first-order valence-electron chi connectivity index (χ1n) is 7.56. The van der Waals surface area contributed by atoms with Gasteiger partial charge in [-0.15, -0.1) is 22.6 Å². The van der Waals surface area contributed by atoms with Gasteiger partial charge in [-0.05, 0) is 19.3 Å². The number of nitrogens with two attached hydrogens (primary N) is 1. The van der Waals surface area contributed by atoms with Gasteiger partial charge in [-0.2, -0.15) is 22.8 Å². The van der Waals surface area contributed by atoms with E-state index in [4.69, 9.17) is 5.73 Å². The summed E-state index contributed by atoms with van der Waals surface area (Å²) in [4.78, 5) is 19.5. The highest BCUT2D eigenvalue weighted by molar-refractivity contribution is 5.90. The van der Waals surface area contributed by atoms with E-state index in [1.165, 1.54) is 6.92 Å². The maximum Gasteiger partial charge on any atom is 0.451 e. The predicted octanol–water partition coefficient (Wildman–Crippen LogP) is 1.24. The van der Waals surface area contributed by atoms with Crippen LogP contribution in [0.5, 0.6) is 0 Å². The Morgan fingerprint density at radius 3 is 2.50 bits per heavy atom. The van der Waals surface area contributed by atoms with Crippen LogP contribution in [0.15, 0.2) is 0 Å². The van der Waals surface area contributed by atoms with Gasteiger partial charge in [0.15, 0.2) is 0 Å². The van der Waals surface area contributed by atoms with Crippen LogP contribution >= 0.6 is 12.4 Å². The van der Waals surface area contributed by atoms with Crippen LogP contribution < -0.4 is 11.1 Å². The maximum atomic E-state index is 12.6. The molecule has 2 rings (SSSR count). The van der Waals surface area contributed by atoms with Crippen molar-refractivity contribution in [3.8, 4) is 5.95 Å². The number of hydrogen-bond acceptors (Lipinski definition) is 6. The second kappa shape index (κ2) is 8.45. The Labute approximate surface area is 153 Å². The van der Waals surface area contributed by atoms with Crippen molar-refractivity contribution in [3.05, 3.63) is 17.5 Å². The minimum absolute atomic E-state index is 0. The molecule has 1 atom stereocenters. The van der Waals surface area contributed by atoms with Crippen LogP contribution in [0.3, 0.4) is 0 Å². The summed E-state index contributed by atoms with van der Waals surface area (Å²) >= 11 is 0. The number of alkyl halides is 3. The van der Waals surface area contributed by atoms with Gasteiger partial charge in [0.05, 0.1) is 0 Å². The molecule has 0 fully saturated rings. The summed E-state index contributed by atoms with van der Waals surface area (Å²) in [6, 6.07) is -0.250. The quantitative estimate of drug-likeness (QED) is 0.674. The lowest BCUT2D eigenvalue weighted by Crippen LogP contribution is -2.41. The van der Waals surface area contributed by atoms with Crippen molar-refractivity contribution in [1.29, 1.82) is 0 Å². The van der Waals surface area contributed by atoms with E-state index in [1.54, 1.807) is 5.10 Å². The smallest absolute Gasteiger partial charge is 0.345 e. The number of hydrogen-bond donors (Lipinski definition) is 3. The molecule has 0 saturated carbocycles. The second-order valence-electron chi connectivity index (χ2n) is 5.91. The minimum atomic E-state index is -4.66. The minimum Gasteiger partial charge on any atom is -0.345 e. The van der Waals surface area contributed by atoms with E-state index in [1.807, 2.05) is 13.8 Å². The van der Waals surface area contributed by atoms with Crippen molar-refractivity contribution in [2.24, 2.45) is 11.7 Å². The molecule has 2 heterocycles. The zero-order valence-electron chi connectivity index (χ0n) is 14.3. The van der Waals surface area contributed by atoms with E-state index in [0.717, 1.165) is 4.68 Å². The Bertz CT molecular complexity index is 742. The van der Waals surface area contributed by atoms with E-state index in [0.29, 0.717) is 12.3 Å². The molecule has 13 heteroatoms. The lowest BCUT2D eigenvalue weighted by atomic mass is 10.0. The number of carbonyl (C=O) groups excluding carboxylic acids is 1. The van der Waals surface area contributed by atoms with Crippen LogP contribution in [0.4, 0.5) is 13.2 Å². The average Bonchev–Trinajstić information content (AvgIpc) is 3.11. The molecule has 9 nitrogen and oxygen atoms in total. The summed E-state index contributed by atoms with van der Waals surface area (Å²) in [6.07, 6.45) is -3.98. The molecule has 26 heavy (non-hydrogen) atoms. The van der Waals surface area contributed by atoms with Crippen LogP contribution in [0.25, 0.3) is 5.95 Å². The number of halogens is 4. The lowest BCUT2D eigenvalue weighted by molar-refractivity contribution is -0.144. The average molecular weight is 397 g/mol. The zero-order valence-corrected chi connectivity index (χ0v) is 15.1. The van der Waals surface area contributed by atoms with Gasteiger partial charge in [0.2, 0.25) is 11.6 Å². The Kier molecular flexibility index (Phi) is 7.09. The molecule has 2 aromatic rings. The number of aromatic amines is 1. The summed E-state index contributed by atoms with van der Waals surface area (Å²) in [6.45, 7) is 5.71. The SMILES string of the molecule is Cc1nc(C(=O)NC(CN)CC(C)C)nn1-c1n[nH]c(C(F)(F)F)n1.Cl. The van der Waals surface area contributed by atoms with Crippen LogP contribution in [0.2, 0.25) is 0 Å². The zero-order chi connectivity index (χ0) is 18.8. The van der Waals surface area contributed by atoms with Gasteiger partial charge in [-0.1, -0.05) is 13.8 Å². The molecule has 0 bridgehead atoms. The molecule has 4 N–H and O–H groups in total. The Balaban J connectivity index is 0.00000338. The van der Waals surface area contributed by atoms with E-state index in [-0.39, 0.29) is 42.6 Å². The molecule has 146 valence electrons. The Morgan fingerprint density at radius 1 is 1.35 bits per heavy atom. The molecule has 2 aromatic heterocycles. The fourth-order valence-corrected chi connectivity index (χ4v) is 2.18. The highest BCUT2D eigenvalue weighted by atomic mass is 35.5. The Hall–Kier alpha value is -2.21. The summed E-state index contributed by atoms with van der Waals surface area (Å²) in [5.41, 5.74) is 5.63. The molecule has 1 unspecified atom stereocenters. The van der Waals surface area contributed by atoms with Crippen molar-refractivity contribution in [2.75, 3.05) is 6.54 Å². The highest BCUT2D eigenvalue weighted by Gasteiger charge is 2.35. The highest BCUT2D eigenvalue weighted by Crippen LogP contribution is 2.26. The second-order valence-corrected chi connectivity index (χ2v) is 5.91. The maximum absolute atomic E-state index is 12.6. The molecule has 0 aliphatic rings. The number of nitrogens with zero attached hydrogens (tertiary/aromatic N) is 5. The van der Waals surface area contributed by atoms with Gasteiger partial charge in [0.1, 0.15) is 5.82 Å². The van der Waals surface area contributed by atoms with E-state index in [9.17, 15) is 18.0 Å². The third-order valence-corrected chi connectivity index (χ3v) is 3.28. The van der Waals surface area contributed by atoms with E-state index >= 15 is 0 Å². The fourth-order valence-electron chi connectivity index (χ4n) is 2.18. The third kappa shape index (κ3) is 5.14. The first-order valence-corrected chi connectivity index (χ1v) is 7.56. The number of aryl methyl sites for hydroxylation is 1. The van der Waals surface area contributed by atoms with E-state index < -0.39 is 17.9 Å². The molecule has 0 saturated heterocycles. The predicted molar refractivity (Wildman–Crippen MR) is 88.1 cm³/mol. The Morgan fingerprint density at radius 2 is 2.00 bits per heavy atom. The number of carbonyl (C=O) groups is 1. The standard InChI is InChI=1S/C13H19F3N8O.ClH/c1-6(2)4-8(5-17)19-10(25)9-18-7(3)24(23-9)12-20-11(21-22-12)13(14,15)16;/h6,8H,4-5,17H2,1-3H3,(H,19,25)(H,20,21,22);1H. The summed E-state index contributed by atoms with van der Waals surface area (Å²) in [5, 5.41) is 11.8. The molecular formula is C13H20ClF3N8O. The summed E-state index contributed by atoms with van der Waals surface area (Å²) in [5.74, 6) is -1.87. The number of H-pyrrole nitrogens is 1. The van der Waals surface area contributed by atoms with Gasteiger partial charge in [-0.3, -0.25) is 9.89 Å². The first-order chi connectivity index (χ1) is 11.6. The van der Waals surface area contributed by atoms with Gasteiger partial charge in [0, 0.05) is 12.6 Å². The van der Waals surface area contributed by atoms with Gasteiger partial charge >= 0.3 is 6.18 Å². The molecule has 0 aliphatic carbocycles. The monoisotopic (exact) mass is 396 g/mol. The molecule has 0 spiro atoms. The molecule has 0 radical (unpaired) electrons. The van der Waals surface area contributed by atoms with Gasteiger partial charge < -0.3 is 11.1 Å². The first kappa shape index (κ1) is 21.8. The molecule has 0 aliphatic heterocycles. The topological polar surface area (TPSA) is 127 Å². The van der Waals surface area contributed by atoms with Crippen molar-refractivity contribution in [3.63, 3.8) is 0 Å². The largest absolute Gasteiger partial charge is 0.451 e.